The second-order valence-corrected chi connectivity index (χ2v) is 6.67. The van der Waals surface area contributed by atoms with E-state index in [0.717, 1.165) is 19.1 Å². The Kier molecular flexibility index (Phi) is 6.61. The van der Waals surface area contributed by atoms with E-state index in [1.165, 1.54) is 32.4 Å². The Morgan fingerprint density at radius 1 is 1.33 bits per heavy atom. The average Bonchev–Trinajstić information content (AvgIpc) is 2.28. The Labute approximate surface area is 113 Å². The molecule has 108 valence electrons. The molecule has 1 heterocycles. The molecule has 0 bridgehead atoms. The molecule has 0 spiro atoms. The molecule has 1 aliphatic heterocycles. The van der Waals surface area contributed by atoms with Crippen molar-refractivity contribution in [2.45, 2.75) is 58.5 Å². The first-order valence-corrected chi connectivity index (χ1v) is 7.43. The van der Waals surface area contributed by atoms with Crippen LogP contribution in [0.25, 0.3) is 0 Å². The molecule has 0 aromatic rings. The molecule has 1 rings (SSSR count). The summed E-state index contributed by atoms with van der Waals surface area (Å²) >= 11 is 0. The Hall–Kier alpha value is -0.120. The summed E-state index contributed by atoms with van der Waals surface area (Å²) in [5, 5.41) is 3.71. The first kappa shape index (κ1) is 15.9. The van der Waals surface area contributed by atoms with Gasteiger partial charge in [0.1, 0.15) is 0 Å². The summed E-state index contributed by atoms with van der Waals surface area (Å²) in [6.45, 7) is 13.7. The number of unbranched alkanes of at least 4 members (excludes halogenated alkanes) is 1. The summed E-state index contributed by atoms with van der Waals surface area (Å²) in [5.74, 6) is 0.777. The SMILES string of the molecule is COCCCCN1CC(CC(C)C)NCC1(C)C. The largest absolute Gasteiger partial charge is 0.385 e. The summed E-state index contributed by atoms with van der Waals surface area (Å²) in [6, 6.07) is 0.667. The maximum absolute atomic E-state index is 5.13. The van der Waals surface area contributed by atoms with Crippen LogP contribution in [0.4, 0.5) is 0 Å². The molecule has 3 nitrogen and oxygen atoms in total. The van der Waals surface area contributed by atoms with Crippen LogP contribution in [0.15, 0.2) is 0 Å². The van der Waals surface area contributed by atoms with E-state index in [1.54, 1.807) is 7.11 Å². The Balaban J connectivity index is 2.39. The number of hydrogen-bond acceptors (Lipinski definition) is 3. The summed E-state index contributed by atoms with van der Waals surface area (Å²) < 4.78 is 5.13. The maximum atomic E-state index is 5.13. The van der Waals surface area contributed by atoms with Crippen LogP contribution >= 0.6 is 0 Å². The van der Waals surface area contributed by atoms with Crippen molar-refractivity contribution in [2.24, 2.45) is 5.92 Å². The number of ether oxygens (including phenoxy) is 1. The van der Waals surface area contributed by atoms with Gasteiger partial charge in [0.15, 0.2) is 0 Å². The van der Waals surface area contributed by atoms with Gasteiger partial charge in [0.2, 0.25) is 0 Å². The van der Waals surface area contributed by atoms with Gasteiger partial charge in [-0.15, -0.1) is 0 Å². The fourth-order valence-electron chi connectivity index (χ4n) is 2.75. The quantitative estimate of drug-likeness (QED) is 0.708. The summed E-state index contributed by atoms with van der Waals surface area (Å²) in [5.41, 5.74) is 0.292. The standard InChI is InChI=1S/C15H32N2O/c1-13(2)10-14-11-17(8-6-7-9-18-5)15(3,4)12-16-14/h13-14,16H,6-12H2,1-5H3. The lowest BCUT2D eigenvalue weighted by atomic mass is 9.93. The van der Waals surface area contributed by atoms with E-state index in [2.05, 4.69) is 37.9 Å². The molecular weight excluding hydrogens is 224 g/mol. The fraction of sp³-hybridized carbons (Fsp3) is 1.00. The first-order valence-electron chi connectivity index (χ1n) is 7.43. The highest BCUT2D eigenvalue weighted by Gasteiger charge is 2.33. The number of methoxy groups -OCH3 is 1. The van der Waals surface area contributed by atoms with Crippen molar-refractivity contribution in [1.29, 1.82) is 0 Å². The third-order valence-electron chi connectivity index (χ3n) is 3.90. The summed E-state index contributed by atoms with van der Waals surface area (Å²) in [6.07, 6.45) is 3.70. The molecule has 1 N–H and O–H groups in total. The predicted octanol–water partition coefficient (Wildman–Crippen LogP) is 2.51. The maximum Gasteiger partial charge on any atom is 0.0462 e. The van der Waals surface area contributed by atoms with Crippen LogP contribution in [0.2, 0.25) is 0 Å². The topological polar surface area (TPSA) is 24.5 Å². The fourth-order valence-corrected chi connectivity index (χ4v) is 2.75. The van der Waals surface area contributed by atoms with Crippen LogP contribution in [0, 0.1) is 5.92 Å². The second-order valence-electron chi connectivity index (χ2n) is 6.67. The van der Waals surface area contributed by atoms with Crippen molar-refractivity contribution in [3.05, 3.63) is 0 Å². The number of nitrogens with zero attached hydrogens (tertiary/aromatic N) is 1. The first-order chi connectivity index (χ1) is 8.45. The molecule has 0 saturated carbocycles. The van der Waals surface area contributed by atoms with Gasteiger partial charge in [-0.3, -0.25) is 4.90 Å². The van der Waals surface area contributed by atoms with Crippen LogP contribution in [0.3, 0.4) is 0 Å². The number of rotatable bonds is 7. The zero-order valence-corrected chi connectivity index (χ0v) is 13.0. The Morgan fingerprint density at radius 3 is 2.67 bits per heavy atom. The van der Waals surface area contributed by atoms with Crippen molar-refractivity contribution in [2.75, 3.05) is 33.4 Å². The van der Waals surface area contributed by atoms with E-state index >= 15 is 0 Å². The third-order valence-corrected chi connectivity index (χ3v) is 3.90. The van der Waals surface area contributed by atoms with E-state index in [1.807, 2.05) is 0 Å². The van der Waals surface area contributed by atoms with Crippen LogP contribution in [0.5, 0.6) is 0 Å². The van der Waals surface area contributed by atoms with Gasteiger partial charge in [0.05, 0.1) is 0 Å². The molecule has 3 heteroatoms. The van der Waals surface area contributed by atoms with Crippen LogP contribution in [0.1, 0.15) is 47.0 Å². The highest BCUT2D eigenvalue weighted by atomic mass is 16.5. The molecule has 1 atom stereocenters. The van der Waals surface area contributed by atoms with Gasteiger partial charge in [0.25, 0.3) is 0 Å². The molecule has 1 saturated heterocycles. The third kappa shape index (κ3) is 5.25. The van der Waals surface area contributed by atoms with E-state index in [-0.39, 0.29) is 0 Å². The molecule has 0 aromatic heterocycles. The summed E-state index contributed by atoms with van der Waals surface area (Å²) in [4.78, 5) is 2.66. The lowest BCUT2D eigenvalue weighted by Gasteiger charge is -2.46. The number of piperazine rings is 1. The molecule has 0 aromatic carbocycles. The van der Waals surface area contributed by atoms with Gasteiger partial charge < -0.3 is 10.1 Å². The van der Waals surface area contributed by atoms with Gasteiger partial charge in [-0.25, -0.2) is 0 Å². The van der Waals surface area contributed by atoms with Gasteiger partial charge in [-0.05, 0) is 45.6 Å². The smallest absolute Gasteiger partial charge is 0.0462 e. The van der Waals surface area contributed by atoms with Gasteiger partial charge >= 0.3 is 0 Å². The molecule has 0 aliphatic carbocycles. The molecular formula is C15H32N2O. The lowest BCUT2D eigenvalue weighted by Crippen LogP contribution is -2.62. The number of nitrogens with one attached hydrogen (secondary N) is 1. The van der Waals surface area contributed by atoms with E-state index in [0.29, 0.717) is 11.6 Å². The monoisotopic (exact) mass is 256 g/mol. The van der Waals surface area contributed by atoms with Crippen molar-refractivity contribution in [3.63, 3.8) is 0 Å². The minimum Gasteiger partial charge on any atom is -0.385 e. The highest BCUT2D eigenvalue weighted by Crippen LogP contribution is 2.21. The van der Waals surface area contributed by atoms with Crippen LogP contribution in [-0.2, 0) is 4.74 Å². The minimum atomic E-state index is 0.292. The van der Waals surface area contributed by atoms with Crippen molar-refractivity contribution in [3.8, 4) is 0 Å². The normalized spacial score (nSPS) is 24.7. The van der Waals surface area contributed by atoms with Crippen LogP contribution in [-0.4, -0.2) is 49.8 Å². The Bertz CT molecular complexity index is 229. The van der Waals surface area contributed by atoms with E-state index < -0.39 is 0 Å². The van der Waals surface area contributed by atoms with Gasteiger partial charge in [-0.2, -0.15) is 0 Å². The molecule has 1 aliphatic rings. The minimum absolute atomic E-state index is 0.292. The van der Waals surface area contributed by atoms with Crippen molar-refractivity contribution in [1.82, 2.24) is 10.2 Å². The predicted molar refractivity (Wildman–Crippen MR) is 78.0 cm³/mol. The van der Waals surface area contributed by atoms with Crippen molar-refractivity contribution < 1.29 is 4.74 Å². The average molecular weight is 256 g/mol. The summed E-state index contributed by atoms with van der Waals surface area (Å²) in [7, 11) is 1.79. The molecule has 1 unspecified atom stereocenters. The zero-order valence-electron chi connectivity index (χ0n) is 13.0. The zero-order chi connectivity index (χ0) is 13.6. The molecule has 0 radical (unpaired) electrons. The lowest BCUT2D eigenvalue weighted by molar-refractivity contribution is 0.0570. The molecule has 1 fully saturated rings. The van der Waals surface area contributed by atoms with E-state index in [9.17, 15) is 0 Å². The Morgan fingerprint density at radius 2 is 2.06 bits per heavy atom. The number of hydrogen-bond donors (Lipinski definition) is 1. The van der Waals surface area contributed by atoms with E-state index in [4.69, 9.17) is 4.74 Å². The van der Waals surface area contributed by atoms with Gasteiger partial charge in [0, 0.05) is 38.4 Å². The van der Waals surface area contributed by atoms with Gasteiger partial charge in [-0.1, -0.05) is 13.8 Å². The van der Waals surface area contributed by atoms with Crippen molar-refractivity contribution >= 4 is 0 Å². The highest BCUT2D eigenvalue weighted by molar-refractivity contribution is 4.92. The second kappa shape index (κ2) is 7.46. The molecule has 0 amide bonds. The molecule has 18 heavy (non-hydrogen) atoms. The van der Waals surface area contributed by atoms with Crippen LogP contribution < -0.4 is 5.32 Å².